The molecule has 0 aliphatic carbocycles. The number of amides is 1. The molecule has 0 atom stereocenters. The summed E-state index contributed by atoms with van der Waals surface area (Å²) < 4.78 is 35.4. The smallest absolute Gasteiger partial charge is 0.340 e. The predicted molar refractivity (Wildman–Crippen MR) is 71.5 cm³/mol. The number of aryl methyl sites for hydroxylation is 1. The van der Waals surface area contributed by atoms with Crippen LogP contribution in [0.25, 0.3) is 0 Å². The maximum atomic E-state index is 13.1. The van der Waals surface area contributed by atoms with Crippen LogP contribution in [0.2, 0.25) is 5.02 Å². The number of anilines is 1. The normalized spacial score (nSPS) is 10.4. The standard InChI is InChI=1S/C13H9ClF2N2O4/c1-6-2-11(18-22-6)17-12(19)5-21-13(20)7-3-9(15)10(16)4-8(7)14/h2-4H,5H2,1H3,(H,17,18,19). The Hall–Kier alpha value is -2.48. The number of aromatic nitrogens is 1. The molecule has 6 nitrogen and oxygen atoms in total. The molecule has 0 bridgehead atoms. The van der Waals surface area contributed by atoms with Crippen LogP contribution in [0.3, 0.4) is 0 Å². The van der Waals surface area contributed by atoms with Crippen molar-refractivity contribution in [3.8, 4) is 0 Å². The number of rotatable bonds is 4. The molecular formula is C13H9ClF2N2O4. The van der Waals surface area contributed by atoms with Crippen molar-refractivity contribution < 1.29 is 27.6 Å². The molecule has 0 saturated carbocycles. The van der Waals surface area contributed by atoms with Crippen LogP contribution in [0.5, 0.6) is 0 Å². The average Bonchev–Trinajstić information content (AvgIpc) is 2.85. The molecule has 2 rings (SSSR count). The summed E-state index contributed by atoms with van der Waals surface area (Å²) in [5.41, 5.74) is -0.384. The Labute approximate surface area is 128 Å². The topological polar surface area (TPSA) is 81.4 Å². The van der Waals surface area contributed by atoms with E-state index in [4.69, 9.17) is 16.1 Å². The van der Waals surface area contributed by atoms with E-state index in [0.29, 0.717) is 17.9 Å². The average molecular weight is 331 g/mol. The number of benzene rings is 1. The SMILES string of the molecule is Cc1cc(NC(=O)COC(=O)c2cc(F)c(F)cc2Cl)no1. The molecular weight excluding hydrogens is 322 g/mol. The second-order valence-electron chi connectivity index (χ2n) is 4.19. The van der Waals surface area contributed by atoms with Crippen molar-refractivity contribution in [2.75, 3.05) is 11.9 Å². The fraction of sp³-hybridized carbons (Fsp3) is 0.154. The molecule has 1 amide bonds. The van der Waals surface area contributed by atoms with Crippen LogP contribution in [0.15, 0.2) is 22.7 Å². The first-order valence-corrected chi connectivity index (χ1v) is 6.29. The highest BCUT2D eigenvalue weighted by Crippen LogP contribution is 2.20. The van der Waals surface area contributed by atoms with Gasteiger partial charge in [-0.25, -0.2) is 13.6 Å². The number of nitrogens with one attached hydrogen (secondary N) is 1. The molecule has 0 unspecified atom stereocenters. The maximum Gasteiger partial charge on any atom is 0.340 e. The quantitative estimate of drug-likeness (QED) is 0.688. The Morgan fingerprint density at radius 3 is 2.64 bits per heavy atom. The molecule has 0 aliphatic heterocycles. The zero-order valence-corrected chi connectivity index (χ0v) is 11.9. The molecule has 1 aromatic carbocycles. The highest BCUT2D eigenvalue weighted by molar-refractivity contribution is 6.33. The highest BCUT2D eigenvalue weighted by atomic mass is 35.5. The summed E-state index contributed by atoms with van der Waals surface area (Å²) in [7, 11) is 0. The molecule has 22 heavy (non-hydrogen) atoms. The minimum Gasteiger partial charge on any atom is -0.452 e. The van der Waals surface area contributed by atoms with Gasteiger partial charge in [0.15, 0.2) is 24.1 Å². The lowest BCUT2D eigenvalue weighted by Gasteiger charge is -2.06. The van der Waals surface area contributed by atoms with Gasteiger partial charge in [0, 0.05) is 6.07 Å². The summed E-state index contributed by atoms with van der Waals surface area (Å²) in [6.07, 6.45) is 0. The van der Waals surface area contributed by atoms with Gasteiger partial charge in [-0.1, -0.05) is 16.8 Å². The summed E-state index contributed by atoms with van der Waals surface area (Å²) in [6.45, 7) is 0.980. The molecule has 1 N–H and O–H groups in total. The number of hydrogen-bond acceptors (Lipinski definition) is 5. The monoisotopic (exact) mass is 330 g/mol. The lowest BCUT2D eigenvalue weighted by Crippen LogP contribution is -2.21. The summed E-state index contributed by atoms with van der Waals surface area (Å²) in [6, 6.07) is 2.70. The number of carbonyl (C=O) groups excluding carboxylic acids is 2. The largest absolute Gasteiger partial charge is 0.452 e. The van der Waals surface area contributed by atoms with Crippen molar-refractivity contribution in [3.05, 3.63) is 46.2 Å². The van der Waals surface area contributed by atoms with E-state index in [1.807, 2.05) is 0 Å². The number of hydrogen-bond donors (Lipinski definition) is 1. The lowest BCUT2D eigenvalue weighted by atomic mass is 10.2. The second-order valence-corrected chi connectivity index (χ2v) is 4.60. The Morgan fingerprint density at radius 1 is 1.32 bits per heavy atom. The Balaban J connectivity index is 1.95. The van der Waals surface area contributed by atoms with E-state index >= 15 is 0 Å². The van der Waals surface area contributed by atoms with Gasteiger partial charge in [-0.15, -0.1) is 0 Å². The summed E-state index contributed by atoms with van der Waals surface area (Å²) in [5.74, 6) is -3.54. The molecule has 2 aromatic rings. The van der Waals surface area contributed by atoms with Crippen LogP contribution < -0.4 is 5.32 Å². The molecule has 0 fully saturated rings. The first-order valence-electron chi connectivity index (χ1n) is 5.91. The van der Waals surface area contributed by atoms with Crippen molar-refractivity contribution >= 4 is 29.3 Å². The molecule has 116 valence electrons. The summed E-state index contributed by atoms with van der Waals surface area (Å²) in [5, 5.41) is 5.51. The number of halogens is 3. The first kappa shape index (κ1) is 15.9. The van der Waals surface area contributed by atoms with Crippen molar-refractivity contribution in [2.45, 2.75) is 6.92 Å². The lowest BCUT2D eigenvalue weighted by molar-refractivity contribution is -0.119. The summed E-state index contributed by atoms with van der Waals surface area (Å²) in [4.78, 5) is 23.2. The minimum atomic E-state index is -1.25. The fourth-order valence-electron chi connectivity index (χ4n) is 1.49. The molecule has 1 heterocycles. The molecule has 9 heteroatoms. The minimum absolute atomic E-state index is 0.157. The maximum absolute atomic E-state index is 13.1. The van der Waals surface area contributed by atoms with Crippen molar-refractivity contribution in [1.29, 1.82) is 0 Å². The van der Waals surface area contributed by atoms with Gasteiger partial charge in [0.25, 0.3) is 5.91 Å². The van der Waals surface area contributed by atoms with Crippen LogP contribution in [0.4, 0.5) is 14.6 Å². The number of ether oxygens (including phenoxy) is 1. The van der Waals surface area contributed by atoms with Gasteiger partial charge in [0.1, 0.15) is 5.76 Å². The number of esters is 1. The number of carbonyl (C=O) groups is 2. The number of nitrogens with zero attached hydrogens (tertiary/aromatic N) is 1. The van der Waals surface area contributed by atoms with Crippen LogP contribution >= 0.6 is 11.6 Å². The fourth-order valence-corrected chi connectivity index (χ4v) is 1.72. The van der Waals surface area contributed by atoms with Crippen molar-refractivity contribution in [3.63, 3.8) is 0 Å². The Kier molecular flexibility index (Phi) is 4.71. The summed E-state index contributed by atoms with van der Waals surface area (Å²) >= 11 is 5.61. The second kappa shape index (κ2) is 6.52. The van der Waals surface area contributed by atoms with Gasteiger partial charge < -0.3 is 14.6 Å². The van der Waals surface area contributed by atoms with Gasteiger partial charge in [-0.2, -0.15) is 0 Å². The van der Waals surface area contributed by atoms with Gasteiger partial charge in [0.05, 0.1) is 10.6 Å². The van der Waals surface area contributed by atoms with E-state index in [1.54, 1.807) is 6.92 Å². The van der Waals surface area contributed by atoms with E-state index in [-0.39, 0.29) is 16.4 Å². The van der Waals surface area contributed by atoms with Gasteiger partial charge >= 0.3 is 5.97 Å². The molecule has 0 spiro atoms. The van der Waals surface area contributed by atoms with E-state index in [9.17, 15) is 18.4 Å². The molecule has 0 radical (unpaired) electrons. The third-order valence-corrected chi connectivity index (χ3v) is 2.77. The van der Waals surface area contributed by atoms with Crippen molar-refractivity contribution in [1.82, 2.24) is 5.16 Å². The zero-order chi connectivity index (χ0) is 16.3. The van der Waals surface area contributed by atoms with Gasteiger partial charge in [-0.05, 0) is 19.1 Å². The van der Waals surface area contributed by atoms with E-state index in [1.165, 1.54) is 6.07 Å². The van der Waals surface area contributed by atoms with Crippen LogP contribution in [0.1, 0.15) is 16.1 Å². The third kappa shape index (κ3) is 3.79. The first-order chi connectivity index (χ1) is 10.4. The highest BCUT2D eigenvalue weighted by Gasteiger charge is 2.17. The molecule has 1 aromatic heterocycles. The zero-order valence-electron chi connectivity index (χ0n) is 11.2. The Morgan fingerprint density at radius 2 is 2.00 bits per heavy atom. The third-order valence-electron chi connectivity index (χ3n) is 2.46. The van der Waals surface area contributed by atoms with Crippen LogP contribution in [-0.2, 0) is 9.53 Å². The molecule has 0 aliphatic rings. The Bertz CT molecular complexity index is 733. The molecule has 0 saturated heterocycles. The van der Waals surface area contributed by atoms with E-state index in [0.717, 1.165) is 0 Å². The van der Waals surface area contributed by atoms with Gasteiger partial charge in [0.2, 0.25) is 0 Å². The van der Waals surface area contributed by atoms with Crippen LogP contribution in [0, 0.1) is 18.6 Å². The van der Waals surface area contributed by atoms with Gasteiger partial charge in [-0.3, -0.25) is 4.79 Å². The predicted octanol–water partition coefficient (Wildman–Crippen LogP) is 2.71. The van der Waals surface area contributed by atoms with Crippen LogP contribution in [-0.4, -0.2) is 23.6 Å². The van der Waals surface area contributed by atoms with E-state index in [2.05, 4.69) is 15.2 Å². The van der Waals surface area contributed by atoms with Crippen molar-refractivity contribution in [2.24, 2.45) is 0 Å². The van der Waals surface area contributed by atoms with E-state index < -0.39 is 30.1 Å².